The summed E-state index contributed by atoms with van der Waals surface area (Å²) in [5.74, 6) is 0.229. The number of rotatable bonds is 3. The third-order valence-corrected chi connectivity index (χ3v) is 3.94. The van der Waals surface area contributed by atoms with E-state index in [2.05, 4.69) is 4.98 Å². The van der Waals surface area contributed by atoms with Crippen LogP contribution < -0.4 is 5.56 Å². The normalized spacial score (nSPS) is 12.5. The number of fused-ring (bicyclic) bond motifs is 1. The molecule has 112 valence electrons. The molecule has 0 N–H and O–H groups in total. The van der Waals surface area contributed by atoms with Crippen LogP contribution >= 0.6 is 0 Å². The molecule has 1 unspecified atom stereocenters. The molecule has 0 fully saturated rings. The SMILES string of the molecule is CCC(C)c1nc2cccc(F)c2c(=O)n1-c1ccccc1. The van der Waals surface area contributed by atoms with Gasteiger partial charge in [-0.15, -0.1) is 0 Å². The van der Waals surface area contributed by atoms with Crippen molar-refractivity contribution in [3.05, 3.63) is 70.5 Å². The van der Waals surface area contributed by atoms with Gasteiger partial charge < -0.3 is 0 Å². The molecule has 3 nitrogen and oxygen atoms in total. The van der Waals surface area contributed by atoms with Crippen molar-refractivity contribution in [1.82, 2.24) is 9.55 Å². The zero-order valence-corrected chi connectivity index (χ0v) is 12.6. The minimum absolute atomic E-state index is 0.0402. The van der Waals surface area contributed by atoms with Gasteiger partial charge in [-0.05, 0) is 30.7 Å². The first kappa shape index (κ1) is 14.4. The molecule has 0 aliphatic rings. The third-order valence-electron chi connectivity index (χ3n) is 3.94. The molecule has 0 saturated heterocycles. The van der Waals surface area contributed by atoms with Gasteiger partial charge in [-0.3, -0.25) is 9.36 Å². The minimum Gasteiger partial charge on any atom is -0.268 e. The van der Waals surface area contributed by atoms with Crippen molar-refractivity contribution in [2.24, 2.45) is 0 Å². The summed E-state index contributed by atoms with van der Waals surface area (Å²) in [5.41, 5.74) is 0.762. The highest BCUT2D eigenvalue weighted by molar-refractivity contribution is 5.78. The van der Waals surface area contributed by atoms with Gasteiger partial charge in [0, 0.05) is 5.92 Å². The van der Waals surface area contributed by atoms with E-state index in [1.54, 1.807) is 12.1 Å². The average Bonchev–Trinajstić information content (AvgIpc) is 2.54. The molecule has 0 aliphatic carbocycles. The molecule has 1 aromatic heterocycles. The van der Waals surface area contributed by atoms with Crippen molar-refractivity contribution in [1.29, 1.82) is 0 Å². The lowest BCUT2D eigenvalue weighted by Gasteiger charge is -2.17. The summed E-state index contributed by atoms with van der Waals surface area (Å²) < 4.78 is 15.6. The molecule has 0 spiro atoms. The first-order chi connectivity index (χ1) is 10.6. The first-order valence-corrected chi connectivity index (χ1v) is 7.40. The van der Waals surface area contributed by atoms with Crippen LogP contribution in [-0.2, 0) is 0 Å². The van der Waals surface area contributed by atoms with Gasteiger partial charge in [-0.1, -0.05) is 38.1 Å². The molecule has 2 aromatic carbocycles. The van der Waals surface area contributed by atoms with Gasteiger partial charge in [-0.2, -0.15) is 0 Å². The Labute approximate surface area is 128 Å². The van der Waals surface area contributed by atoms with Gasteiger partial charge in [0.25, 0.3) is 5.56 Å². The largest absolute Gasteiger partial charge is 0.268 e. The van der Waals surface area contributed by atoms with E-state index in [1.807, 2.05) is 44.2 Å². The monoisotopic (exact) mass is 296 g/mol. The second kappa shape index (κ2) is 5.72. The average molecular weight is 296 g/mol. The van der Waals surface area contributed by atoms with Gasteiger partial charge in [0.1, 0.15) is 17.0 Å². The third kappa shape index (κ3) is 2.30. The number of halogens is 1. The van der Waals surface area contributed by atoms with E-state index in [0.717, 1.165) is 6.42 Å². The highest BCUT2D eigenvalue weighted by Gasteiger charge is 2.18. The molecule has 3 aromatic rings. The molecule has 0 bridgehead atoms. The van der Waals surface area contributed by atoms with Crippen molar-refractivity contribution in [2.45, 2.75) is 26.2 Å². The zero-order valence-electron chi connectivity index (χ0n) is 12.6. The van der Waals surface area contributed by atoms with Gasteiger partial charge in [0.15, 0.2) is 0 Å². The predicted molar refractivity (Wildman–Crippen MR) is 86.0 cm³/mol. The van der Waals surface area contributed by atoms with Crippen LogP contribution in [0.15, 0.2) is 53.3 Å². The van der Waals surface area contributed by atoms with Crippen LogP contribution in [-0.4, -0.2) is 9.55 Å². The van der Waals surface area contributed by atoms with Gasteiger partial charge >= 0.3 is 0 Å². The number of hydrogen-bond donors (Lipinski definition) is 0. The quantitative estimate of drug-likeness (QED) is 0.731. The summed E-state index contributed by atoms with van der Waals surface area (Å²) in [5, 5.41) is 0.0402. The second-order valence-electron chi connectivity index (χ2n) is 5.39. The molecular formula is C18H17FN2O. The van der Waals surface area contributed by atoms with Crippen molar-refractivity contribution >= 4 is 10.9 Å². The van der Waals surface area contributed by atoms with Crippen LogP contribution in [0.5, 0.6) is 0 Å². The van der Waals surface area contributed by atoms with Gasteiger partial charge in [-0.25, -0.2) is 9.37 Å². The lowest BCUT2D eigenvalue weighted by atomic mass is 10.1. The Bertz CT molecular complexity index is 871. The number of para-hydroxylation sites is 1. The molecule has 1 heterocycles. The predicted octanol–water partition coefficient (Wildman–Crippen LogP) is 4.04. The molecular weight excluding hydrogens is 279 g/mol. The van der Waals surface area contributed by atoms with Crippen LogP contribution in [0.4, 0.5) is 4.39 Å². The first-order valence-electron chi connectivity index (χ1n) is 7.40. The minimum atomic E-state index is -0.532. The Hall–Kier alpha value is -2.49. The fourth-order valence-corrected chi connectivity index (χ4v) is 2.55. The Morgan fingerprint density at radius 2 is 1.86 bits per heavy atom. The summed E-state index contributed by atoms with van der Waals surface area (Å²) >= 11 is 0. The summed E-state index contributed by atoms with van der Waals surface area (Å²) in [4.78, 5) is 17.4. The van der Waals surface area contributed by atoms with Crippen molar-refractivity contribution < 1.29 is 4.39 Å². The molecule has 1 atom stereocenters. The highest BCUT2D eigenvalue weighted by Crippen LogP contribution is 2.22. The van der Waals surface area contributed by atoms with Gasteiger partial charge in [0.2, 0.25) is 0 Å². The Balaban J connectivity index is 2.44. The molecule has 22 heavy (non-hydrogen) atoms. The van der Waals surface area contributed by atoms with Crippen LogP contribution in [0.1, 0.15) is 32.0 Å². The number of nitrogens with zero attached hydrogens (tertiary/aromatic N) is 2. The molecule has 0 amide bonds. The molecule has 0 aliphatic heterocycles. The Morgan fingerprint density at radius 3 is 2.55 bits per heavy atom. The molecule has 3 rings (SSSR count). The summed E-state index contributed by atoms with van der Waals surface area (Å²) in [6, 6.07) is 13.8. The lowest BCUT2D eigenvalue weighted by molar-refractivity contribution is 0.627. The van der Waals surface area contributed by atoms with E-state index in [1.165, 1.54) is 10.6 Å². The maximum atomic E-state index is 14.1. The fourth-order valence-electron chi connectivity index (χ4n) is 2.55. The summed E-state index contributed by atoms with van der Waals surface area (Å²) in [7, 11) is 0. The Morgan fingerprint density at radius 1 is 1.14 bits per heavy atom. The number of benzene rings is 2. The highest BCUT2D eigenvalue weighted by atomic mass is 19.1. The Kier molecular flexibility index (Phi) is 3.75. The van der Waals surface area contributed by atoms with Crippen molar-refractivity contribution in [3.63, 3.8) is 0 Å². The van der Waals surface area contributed by atoms with E-state index in [9.17, 15) is 9.18 Å². The number of hydrogen-bond acceptors (Lipinski definition) is 2. The summed E-state index contributed by atoms with van der Waals surface area (Å²) in [6.45, 7) is 4.06. The maximum Gasteiger partial charge on any atom is 0.268 e. The second-order valence-corrected chi connectivity index (χ2v) is 5.39. The molecule has 0 saturated carbocycles. The maximum absolute atomic E-state index is 14.1. The fraction of sp³-hybridized carbons (Fsp3) is 0.222. The van der Waals surface area contributed by atoms with Crippen LogP contribution in [0.2, 0.25) is 0 Å². The molecule has 4 heteroatoms. The van der Waals surface area contributed by atoms with Crippen LogP contribution in [0.3, 0.4) is 0 Å². The van der Waals surface area contributed by atoms with Gasteiger partial charge in [0.05, 0.1) is 11.2 Å². The van der Waals surface area contributed by atoms with E-state index in [-0.39, 0.29) is 16.9 Å². The zero-order chi connectivity index (χ0) is 15.7. The number of aromatic nitrogens is 2. The smallest absolute Gasteiger partial charge is 0.268 e. The topological polar surface area (TPSA) is 34.9 Å². The van der Waals surface area contributed by atoms with E-state index < -0.39 is 5.82 Å². The van der Waals surface area contributed by atoms with Crippen LogP contribution in [0.25, 0.3) is 16.6 Å². The summed E-state index contributed by atoms with van der Waals surface area (Å²) in [6.07, 6.45) is 0.847. The van der Waals surface area contributed by atoms with E-state index in [4.69, 9.17) is 0 Å². The molecule has 0 radical (unpaired) electrons. The van der Waals surface area contributed by atoms with Crippen molar-refractivity contribution in [3.8, 4) is 5.69 Å². The lowest BCUT2D eigenvalue weighted by Crippen LogP contribution is -2.25. The van der Waals surface area contributed by atoms with Crippen LogP contribution in [0, 0.1) is 5.82 Å². The standard InChI is InChI=1S/C18H17FN2O/c1-3-12(2)17-20-15-11-7-10-14(19)16(15)18(22)21(17)13-8-5-4-6-9-13/h4-12H,3H2,1-2H3. The van der Waals surface area contributed by atoms with Crippen molar-refractivity contribution in [2.75, 3.05) is 0 Å². The van der Waals surface area contributed by atoms with E-state index in [0.29, 0.717) is 17.0 Å². The van der Waals surface area contributed by atoms with E-state index >= 15 is 0 Å².